The molecule has 0 amide bonds. The predicted octanol–water partition coefficient (Wildman–Crippen LogP) is 2.34. The van der Waals surface area contributed by atoms with E-state index in [0.29, 0.717) is 12.2 Å². The predicted molar refractivity (Wildman–Crippen MR) is 56.6 cm³/mol. The number of hydrogen-bond acceptors (Lipinski definition) is 4. The van der Waals surface area contributed by atoms with E-state index in [1.54, 1.807) is 0 Å². The van der Waals surface area contributed by atoms with Gasteiger partial charge in [0.15, 0.2) is 0 Å². The Morgan fingerprint density at radius 1 is 1.35 bits per heavy atom. The molecule has 17 heavy (non-hydrogen) atoms. The Morgan fingerprint density at radius 3 is 2.65 bits per heavy atom. The molecule has 1 aromatic heterocycles. The molecule has 0 unspecified atom stereocenters. The van der Waals surface area contributed by atoms with Gasteiger partial charge in [0.2, 0.25) is 5.88 Å². The van der Waals surface area contributed by atoms with Crippen molar-refractivity contribution in [2.75, 3.05) is 12.3 Å². The second-order valence-electron chi connectivity index (χ2n) is 3.51. The summed E-state index contributed by atoms with van der Waals surface area (Å²) in [6, 6.07) is 1.32. The normalized spacial score (nSPS) is 11.5. The van der Waals surface area contributed by atoms with Gasteiger partial charge in [-0.2, -0.15) is 18.2 Å². The molecule has 0 radical (unpaired) electrons. The molecule has 7 heteroatoms. The van der Waals surface area contributed by atoms with Crippen LogP contribution in [0, 0.1) is 0 Å². The summed E-state index contributed by atoms with van der Waals surface area (Å²) in [5.74, 6) is 0.769. The van der Waals surface area contributed by atoms with Gasteiger partial charge in [0.1, 0.15) is 11.6 Å². The van der Waals surface area contributed by atoms with E-state index in [0.717, 1.165) is 6.42 Å². The van der Waals surface area contributed by atoms with Crippen molar-refractivity contribution in [2.24, 2.45) is 0 Å². The minimum absolute atomic E-state index is 0.0881. The van der Waals surface area contributed by atoms with Crippen molar-refractivity contribution in [3.63, 3.8) is 0 Å². The molecule has 0 atom stereocenters. The maximum absolute atomic E-state index is 11.9. The number of nitrogens with two attached hydrogens (primary N) is 1. The summed E-state index contributed by atoms with van der Waals surface area (Å²) >= 11 is 0. The monoisotopic (exact) mass is 249 g/mol. The number of aryl methyl sites for hydroxylation is 1. The van der Waals surface area contributed by atoms with Gasteiger partial charge in [-0.3, -0.25) is 0 Å². The van der Waals surface area contributed by atoms with E-state index in [4.69, 9.17) is 10.5 Å². The zero-order valence-corrected chi connectivity index (χ0v) is 9.42. The Labute approximate surface area is 97.0 Å². The molecule has 0 bridgehead atoms. The maximum atomic E-state index is 11.9. The van der Waals surface area contributed by atoms with Gasteiger partial charge in [0, 0.05) is 12.5 Å². The third-order valence-corrected chi connectivity index (χ3v) is 1.88. The standard InChI is InChI=1S/C10H14F3N3O/c1-2-3-8-15-7(14)6-9(16-8)17-5-4-10(11,12)13/h6H,2-5H2,1H3,(H2,14,15,16). The van der Waals surface area contributed by atoms with E-state index in [1.165, 1.54) is 6.07 Å². The molecule has 1 rings (SSSR count). The third kappa shape index (κ3) is 5.37. The van der Waals surface area contributed by atoms with Crippen molar-refractivity contribution < 1.29 is 17.9 Å². The summed E-state index contributed by atoms with van der Waals surface area (Å²) in [6.07, 6.45) is -3.81. The number of ether oxygens (including phenoxy) is 1. The van der Waals surface area contributed by atoms with Gasteiger partial charge in [0.25, 0.3) is 0 Å². The van der Waals surface area contributed by atoms with Crippen LogP contribution in [0.4, 0.5) is 19.0 Å². The third-order valence-electron chi connectivity index (χ3n) is 1.88. The molecular weight excluding hydrogens is 235 g/mol. The van der Waals surface area contributed by atoms with E-state index in [2.05, 4.69) is 9.97 Å². The molecule has 2 N–H and O–H groups in total. The first-order valence-electron chi connectivity index (χ1n) is 5.23. The molecule has 0 spiro atoms. The second-order valence-corrected chi connectivity index (χ2v) is 3.51. The molecule has 0 aliphatic heterocycles. The van der Waals surface area contributed by atoms with Crippen molar-refractivity contribution in [1.82, 2.24) is 9.97 Å². The van der Waals surface area contributed by atoms with Gasteiger partial charge in [-0.15, -0.1) is 0 Å². The Kier molecular flexibility index (Phi) is 4.53. The second kappa shape index (κ2) is 5.70. The largest absolute Gasteiger partial charge is 0.477 e. The van der Waals surface area contributed by atoms with Crippen molar-refractivity contribution in [2.45, 2.75) is 32.4 Å². The van der Waals surface area contributed by atoms with Gasteiger partial charge in [-0.1, -0.05) is 6.92 Å². The number of nitrogen functional groups attached to an aromatic ring is 1. The van der Waals surface area contributed by atoms with Crippen LogP contribution in [0.15, 0.2) is 6.07 Å². The summed E-state index contributed by atoms with van der Waals surface area (Å²) in [7, 11) is 0. The average Bonchev–Trinajstić information content (AvgIpc) is 2.15. The molecule has 0 fully saturated rings. The molecule has 1 aromatic rings. The number of halogens is 3. The quantitative estimate of drug-likeness (QED) is 0.870. The number of nitrogens with zero attached hydrogens (tertiary/aromatic N) is 2. The summed E-state index contributed by atoms with van der Waals surface area (Å²) in [5.41, 5.74) is 5.49. The van der Waals surface area contributed by atoms with Crippen LogP contribution in [-0.2, 0) is 6.42 Å². The first-order chi connectivity index (χ1) is 7.90. The average molecular weight is 249 g/mol. The van der Waals surface area contributed by atoms with Crippen LogP contribution in [0.1, 0.15) is 25.6 Å². The molecular formula is C10H14F3N3O. The first-order valence-corrected chi connectivity index (χ1v) is 5.23. The molecule has 4 nitrogen and oxygen atoms in total. The van der Waals surface area contributed by atoms with E-state index in [1.807, 2.05) is 6.92 Å². The minimum atomic E-state index is -4.23. The van der Waals surface area contributed by atoms with E-state index in [9.17, 15) is 13.2 Å². The van der Waals surface area contributed by atoms with Crippen LogP contribution in [-0.4, -0.2) is 22.8 Å². The summed E-state index contributed by atoms with van der Waals surface area (Å²) in [4.78, 5) is 7.91. The van der Waals surface area contributed by atoms with Crippen molar-refractivity contribution in [3.05, 3.63) is 11.9 Å². The van der Waals surface area contributed by atoms with Gasteiger partial charge >= 0.3 is 6.18 Å². The molecule has 96 valence electrons. The highest BCUT2D eigenvalue weighted by Gasteiger charge is 2.26. The van der Waals surface area contributed by atoms with Crippen LogP contribution < -0.4 is 10.5 Å². The van der Waals surface area contributed by atoms with Gasteiger partial charge < -0.3 is 10.5 Å². The first kappa shape index (κ1) is 13.5. The fourth-order valence-electron chi connectivity index (χ4n) is 1.17. The Morgan fingerprint density at radius 2 is 2.06 bits per heavy atom. The van der Waals surface area contributed by atoms with Crippen molar-refractivity contribution in [1.29, 1.82) is 0 Å². The highest BCUT2D eigenvalue weighted by Crippen LogP contribution is 2.20. The lowest BCUT2D eigenvalue weighted by atomic mass is 10.3. The van der Waals surface area contributed by atoms with Gasteiger partial charge in [-0.25, -0.2) is 4.98 Å². The number of aromatic nitrogens is 2. The fraction of sp³-hybridized carbons (Fsp3) is 0.600. The Balaban J connectivity index is 2.58. The minimum Gasteiger partial charge on any atom is -0.477 e. The number of hydrogen-bond donors (Lipinski definition) is 1. The zero-order valence-electron chi connectivity index (χ0n) is 9.42. The Hall–Kier alpha value is -1.53. The van der Waals surface area contributed by atoms with Crippen LogP contribution in [0.3, 0.4) is 0 Å². The van der Waals surface area contributed by atoms with Crippen LogP contribution >= 0.6 is 0 Å². The van der Waals surface area contributed by atoms with E-state index < -0.39 is 19.2 Å². The number of rotatable bonds is 5. The molecule has 0 saturated carbocycles. The topological polar surface area (TPSA) is 61.0 Å². The number of anilines is 1. The lowest BCUT2D eigenvalue weighted by molar-refractivity contribution is -0.139. The van der Waals surface area contributed by atoms with Crippen LogP contribution in [0.25, 0.3) is 0 Å². The summed E-state index contributed by atoms with van der Waals surface area (Å²) in [5, 5.41) is 0. The summed E-state index contributed by atoms with van der Waals surface area (Å²) in [6.45, 7) is 1.47. The van der Waals surface area contributed by atoms with E-state index in [-0.39, 0.29) is 11.7 Å². The molecule has 0 saturated heterocycles. The number of alkyl halides is 3. The molecule has 0 aliphatic carbocycles. The zero-order chi connectivity index (χ0) is 12.9. The summed E-state index contributed by atoms with van der Waals surface area (Å²) < 4.78 is 40.6. The lowest BCUT2D eigenvalue weighted by Crippen LogP contribution is -2.14. The maximum Gasteiger partial charge on any atom is 0.392 e. The fourth-order valence-corrected chi connectivity index (χ4v) is 1.17. The van der Waals surface area contributed by atoms with Crippen LogP contribution in [0.5, 0.6) is 5.88 Å². The smallest absolute Gasteiger partial charge is 0.392 e. The SMILES string of the molecule is CCCc1nc(N)cc(OCCC(F)(F)F)n1. The highest BCUT2D eigenvalue weighted by molar-refractivity contribution is 5.32. The van der Waals surface area contributed by atoms with Crippen molar-refractivity contribution >= 4 is 5.82 Å². The lowest BCUT2D eigenvalue weighted by Gasteiger charge is -2.09. The molecule has 1 heterocycles. The molecule has 0 aliphatic rings. The van der Waals surface area contributed by atoms with Gasteiger partial charge in [0.05, 0.1) is 13.0 Å². The molecule has 0 aromatic carbocycles. The van der Waals surface area contributed by atoms with E-state index >= 15 is 0 Å². The van der Waals surface area contributed by atoms with Gasteiger partial charge in [-0.05, 0) is 6.42 Å². The Bertz CT molecular complexity index is 368. The van der Waals surface area contributed by atoms with Crippen molar-refractivity contribution in [3.8, 4) is 5.88 Å². The van der Waals surface area contributed by atoms with Crippen LogP contribution in [0.2, 0.25) is 0 Å². The highest BCUT2D eigenvalue weighted by atomic mass is 19.4.